The fraction of sp³-hybridized carbons (Fsp3) is 0.361. The number of ether oxygens (including phenoxy) is 4. The minimum absolute atomic E-state index is 0.242. The van der Waals surface area contributed by atoms with Gasteiger partial charge in [0.15, 0.2) is 11.3 Å². The van der Waals surface area contributed by atoms with E-state index in [1.54, 1.807) is 74.9 Å². The molecule has 4 aromatic heterocycles. The Bertz CT molecular complexity index is 4740. The summed E-state index contributed by atoms with van der Waals surface area (Å²) in [6.07, 6.45) is 10.6. The lowest BCUT2D eigenvalue weighted by atomic mass is 9.99. The Morgan fingerprint density at radius 2 is 0.972 bits per heavy atom. The summed E-state index contributed by atoms with van der Waals surface area (Å²) < 4.78 is 26.3. The number of fused-ring (bicyclic) bond motifs is 2. The number of pyridine rings is 2. The molecule has 13 rings (SSSR count). The third-order valence-electron chi connectivity index (χ3n) is 19.8. The molecule has 0 saturated carbocycles. The van der Waals surface area contributed by atoms with Gasteiger partial charge in [0.05, 0.1) is 48.8 Å². The van der Waals surface area contributed by atoms with Crippen molar-refractivity contribution in [2.24, 2.45) is 0 Å². The van der Waals surface area contributed by atoms with Crippen molar-refractivity contribution in [2.45, 2.75) is 131 Å². The molecule has 0 unspecified atom stereocenters. The van der Waals surface area contributed by atoms with Crippen LogP contribution in [0, 0.1) is 0 Å². The average Bonchev–Trinajstić information content (AvgIpc) is 1.54. The van der Waals surface area contributed by atoms with Crippen molar-refractivity contribution < 1.29 is 42.9 Å². The Morgan fingerprint density at radius 3 is 1.42 bits per heavy atom. The highest BCUT2D eigenvalue weighted by molar-refractivity contribution is 6.01. The SMILES string of the molecule is CCc1nc2c(cnn2CC)c(NC2CCOCC2)c1CNC(=O)c1cccc(C(=O)NCc2ccc(OC)c(-c3cccc(C=O)c3)c2)c1.CCc1nc2c(cnn2CC)c(NC2CCOCC2)c1CNC(=O)c1cccc(C(=O)NCc2ccc(OC)c(-c3cccc(CN4CCCNCC4)c3)c2)c1. The van der Waals surface area contributed by atoms with Crippen molar-refractivity contribution in [2.75, 3.05) is 77.5 Å². The third kappa shape index (κ3) is 18.3. The quantitative estimate of drug-likeness (QED) is 0.0236. The van der Waals surface area contributed by atoms with Crippen molar-refractivity contribution in [3.63, 3.8) is 0 Å². The Hall–Kier alpha value is -10.9. The first-order valence-corrected chi connectivity index (χ1v) is 37.0. The van der Waals surface area contributed by atoms with Crippen molar-refractivity contribution in [3.05, 3.63) is 213 Å². The number of nitrogens with one attached hydrogen (secondary N) is 7. The number of hydrogen-bond donors (Lipinski definition) is 7. The largest absolute Gasteiger partial charge is 0.496 e. The van der Waals surface area contributed by atoms with Gasteiger partial charge in [-0.25, -0.2) is 19.3 Å². The second kappa shape index (κ2) is 36.2. The van der Waals surface area contributed by atoms with Gasteiger partial charge in [0.2, 0.25) is 0 Å². The summed E-state index contributed by atoms with van der Waals surface area (Å²) in [5, 5.41) is 34.2. The zero-order chi connectivity index (χ0) is 73.9. The van der Waals surface area contributed by atoms with E-state index in [2.05, 4.69) is 103 Å². The van der Waals surface area contributed by atoms with E-state index < -0.39 is 0 Å². The zero-order valence-electron chi connectivity index (χ0n) is 61.4. The molecule has 0 bridgehead atoms. The van der Waals surface area contributed by atoms with Crippen molar-refractivity contribution in [1.29, 1.82) is 0 Å². The number of rotatable bonds is 27. The summed E-state index contributed by atoms with van der Waals surface area (Å²) in [6, 6.07) is 41.6. The minimum atomic E-state index is -0.307. The maximum Gasteiger partial charge on any atom is 0.251 e. The molecule has 7 N–H and O–H groups in total. The average molecular weight is 1430 g/mol. The summed E-state index contributed by atoms with van der Waals surface area (Å²) in [5.41, 5.74) is 16.1. The maximum absolute atomic E-state index is 13.6. The summed E-state index contributed by atoms with van der Waals surface area (Å²) in [7, 11) is 3.27. The highest BCUT2D eigenvalue weighted by Crippen LogP contribution is 2.36. The van der Waals surface area contributed by atoms with Crippen molar-refractivity contribution in [1.82, 2.24) is 61.0 Å². The minimum Gasteiger partial charge on any atom is -0.496 e. The van der Waals surface area contributed by atoms with Crippen molar-refractivity contribution in [3.8, 4) is 33.8 Å². The fourth-order valence-electron chi connectivity index (χ4n) is 14.0. The Morgan fingerprint density at radius 1 is 0.519 bits per heavy atom. The molecular formula is C83H96N14O9. The van der Waals surface area contributed by atoms with Gasteiger partial charge in [-0.3, -0.25) is 28.9 Å². The molecule has 23 nitrogen and oxygen atoms in total. The van der Waals surface area contributed by atoms with Gasteiger partial charge in [-0.15, -0.1) is 0 Å². The molecule has 0 spiro atoms. The molecule has 3 fully saturated rings. The van der Waals surface area contributed by atoms with Crippen molar-refractivity contribution >= 4 is 63.4 Å². The number of methoxy groups -OCH3 is 2. The summed E-state index contributed by atoms with van der Waals surface area (Å²) in [4.78, 5) is 77.7. The highest BCUT2D eigenvalue weighted by Gasteiger charge is 2.26. The Balaban J connectivity index is 0.000000200. The summed E-state index contributed by atoms with van der Waals surface area (Å²) in [5.74, 6) is 0.312. The van der Waals surface area contributed by atoms with E-state index in [1.807, 2.05) is 71.1 Å². The summed E-state index contributed by atoms with van der Waals surface area (Å²) in [6.45, 7) is 18.7. The molecule has 6 aromatic carbocycles. The Labute approximate surface area is 618 Å². The standard InChI is InChI=1S/C44H54N8O4.C39H42N6O5/c1-4-39-37(41(49-35-15-21-56-22-16-35)38-28-48-52(5-2)42(38)50-39)27-47-44(54)34-12-7-11-33(25-34)43(53)46-26-30-13-14-40(55-3)36(24-30)32-10-6-9-31(23-32)29-51-19-8-17-45-18-20-51;1-4-34-32(36(43-30-14-16-50-17-15-30)33-23-42-45(5-2)37(33)44-34)22-41-39(48)29-11-7-10-28(20-29)38(47)40-21-25-12-13-35(49-3)31(19-25)27-9-6-8-26(18-27)24-46/h6-7,9-14,23-25,28,35,45H,4-5,8,15-22,26-27,29H2,1-3H3,(H,46,53)(H,47,54)(H,49,50);6-13,18-20,23-24,30H,4-5,14-17,21-22H2,1-3H3,(H,40,47)(H,41,48)(H,43,44). The lowest BCUT2D eigenvalue weighted by Crippen LogP contribution is -2.30. The van der Waals surface area contributed by atoms with Gasteiger partial charge in [-0.05, 0) is 172 Å². The van der Waals surface area contributed by atoms with Crippen LogP contribution in [-0.2, 0) is 68.1 Å². The second-order valence-electron chi connectivity index (χ2n) is 26.8. The van der Waals surface area contributed by atoms with Gasteiger partial charge in [0.25, 0.3) is 23.6 Å². The number of benzene rings is 6. The van der Waals surface area contributed by atoms with E-state index in [9.17, 15) is 24.0 Å². The van der Waals surface area contributed by atoms with E-state index in [0.717, 1.165) is 166 Å². The van der Waals surface area contributed by atoms with Gasteiger partial charge in [-0.1, -0.05) is 74.5 Å². The predicted molar refractivity (Wildman–Crippen MR) is 413 cm³/mol. The Kier molecular flexibility index (Phi) is 25.6. The van der Waals surface area contributed by atoms with Crippen LogP contribution in [0.2, 0.25) is 0 Å². The molecule has 106 heavy (non-hydrogen) atoms. The maximum atomic E-state index is 13.6. The number of anilines is 2. The van der Waals surface area contributed by atoms with Gasteiger partial charge in [0.1, 0.15) is 17.8 Å². The second-order valence-corrected chi connectivity index (χ2v) is 26.8. The number of nitrogens with zero attached hydrogens (tertiary/aromatic N) is 7. The van der Waals surface area contributed by atoms with E-state index in [4.69, 9.17) is 28.9 Å². The van der Waals surface area contributed by atoms with Crippen LogP contribution in [0.4, 0.5) is 11.4 Å². The first-order chi connectivity index (χ1) is 51.8. The molecule has 3 aliphatic rings. The van der Waals surface area contributed by atoms with Crippen LogP contribution >= 0.6 is 0 Å². The molecule has 552 valence electrons. The van der Waals surface area contributed by atoms with Crippen LogP contribution in [0.25, 0.3) is 44.3 Å². The molecule has 0 radical (unpaired) electrons. The third-order valence-corrected chi connectivity index (χ3v) is 19.8. The lowest BCUT2D eigenvalue weighted by molar-refractivity contribution is 0.0903. The smallest absolute Gasteiger partial charge is 0.251 e. The number of aromatic nitrogens is 6. The van der Waals surface area contributed by atoms with E-state index >= 15 is 0 Å². The first kappa shape index (κ1) is 74.9. The molecule has 10 aromatic rings. The molecule has 23 heteroatoms. The van der Waals surface area contributed by atoms with Gasteiger partial charge in [0, 0.05) is 159 Å². The zero-order valence-corrected chi connectivity index (χ0v) is 61.4. The van der Waals surface area contributed by atoms with Crippen LogP contribution in [0.1, 0.15) is 151 Å². The summed E-state index contributed by atoms with van der Waals surface area (Å²) >= 11 is 0. The van der Waals surface area contributed by atoms with Gasteiger partial charge in [-0.2, -0.15) is 10.2 Å². The molecule has 3 aliphatic heterocycles. The van der Waals surface area contributed by atoms with Crippen LogP contribution in [0.15, 0.2) is 146 Å². The van der Waals surface area contributed by atoms with Crippen LogP contribution in [-0.4, -0.2) is 143 Å². The van der Waals surface area contributed by atoms with Crippen LogP contribution in [0.5, 0.6) is 11.5 Å². The number of aldehydes is 1. The monoisotopic (exact) mass is 1430 g/mol. The normalized spacial score (nSPS) is 14.3. The number of aryl methyl sites for hydroxylation is 4. The van der Waals surface area contributed by atoms with E-state index in [-0.39, 0.29) is 55.3 Å². The molecule has 0 aliphatic carbocycles. The molecule has 0 atom stereocenters. The number of carbonyl (C=O) groups is 5. The molecule has 7 heterocycles. The number of carbonyl (C=O) groups excluding carboxylic acids is 5. The first-order valence-electron chi connectivity index (χ1n) is 37.0. The fourth-order valence-corrected chi connectivity index (χ4v) is 14.0. The van der Waals surface area contributed by atoms with Gasteiger partial charge < -0.3 is 56.2 Å². The van der Waals surface area contributed by atoms with E-state index in [0.29, 0.717) is 92.5 Å². The van der Waals surface area contributed by atoms with Crippen LogP contribution in [0.3, 0.4) is 0 Å². The number of hydrogen-bond acceptors (Lipinski definition) is 17. The van der Waals surface area contributed by atoms with Crippen LogP contribution < -0.4 is 46.7 Å². The molecular weight excluding hydrogens is 1340 g/mol. The molecule has 4 amide bonds. The topological polar surface area (TPSA) is 271 Å². The van der Waals surface area contributed by atoms with E-state index in [1.165, 1.54) is 5.56 Å². The molecule has 3 saturated heterocycles. The van der Waals surface area contributed by atoms with Gasteiger partial charge >= 0.3 is 0 Å². The lowest BCUT2D eigenvalue weighted by Gasteiger charge is -2.26. The predicted octanol–water partition coefficient (Wildman–Crippen LogP) is 11.9. The number of amides is 4. The highest BCUT2D eigenvalue weighted by atomic mass is 16.5.